The fraction of sp³-hybridized carbons (Fsp3) is 0.316. The van der Waals surface area contributed by atoms with E-state index in [1.807, 2.05) is 42.5 Å². The van der Waals surface area contributed by atoms with Crippen LogP contribution in [0.25, 0.3) is 0 Å². The molecule has 1 aliphatic carbocycles. The van der Waals surface area contributed by atoms with Crippen molar-refractivity contribution in [2.75, 3.05) is 0 Å². The van der Waals surface area contributed by atoms with E-state index in [0.717, 1.165) is 24.0 Å². The standard InChI is InChI=1S/C19H21NO3/c21-13-15-7-2-1-6-14(15)12-20-19(22)17-10-3-4-11-18(17)23-16-8-5-9-16/h1-4,6-7,10-11,16,21H,5,8-9,12-13H2,(H,20,22). The zero-order chi connectivity index (χ0) is 16.1. The molecule has 0 unspecified atom stereocenters. The van der Waals surface area contributed by atoms with E-state index in [2.05, 4.69) is 5.32 Å². The van der Waals surface area contributed by atoms with Gasteiger partial charge in [0.1, 0.15) is 5.75 Å². The monoisotopic (exact) mass is 311 g/mol. The van der Waals surface area contributed by atoms with Crippen LogP contribution in [0.15, 0.2) is 48.5 Å². The van der Waals surface area contributed by atoms with E-state index in [4.69, 9.17) is 4.74 Å². The number of carbonyl (C=O) groups is 1. The first kappa shape index (κ1) is 15.6. The molecule has 0 heterocycles. The number of ether oxygens (including phenoxy) is 1. The molecular weight excluding hydrogens is 290 g/mol. The van der Waals surface area contributed by atoms with Crippen LogP contribution in [-0.4, -0.2) is 17.1 Å². The number of carbonyl (C=O) groups excluding carboxylic acids is 1. The highest BCUT2D eigenvalue weighted by molar-refractivity contribution is 5.96. The van der Waals surface area contributed by atoms with Gasteiger partial charge in [-0.25, -0.2) is 0 Å². The zero-order valence-electron chi connectivity index (χ0n) is 13.0. The minimum Gasteiger partial charge on any atom is -0.490 e. The summed E-state index contributed by atoms with van der Waals surface area (Å²) >= 11 is 0. The number of hydrogen-bond donors (Lipinski definition) is 2. The van der Waals surface area contributed by atoms with Gasteiger partial charge in [0.25, 0.3) is 5.91 Å². The summed E-state index contributed by atoms with van der Waals surface area (Å²) in [5.74, 6) is 0.484. The van der Waals surface area contributed by atoms with Gasteiger partial charge in [0, 0.05) is 6.54 Å². The number of rotatable bonds is 6. The first-order valence-electron chi connectivity index (χ1n) is 7.99. The Balaban J connectivity index is 1.68. The molecule has 23 heavy (non-hydrogen) atoms. The van der Waals surface area contributed by atoms with Crippen LogP contribution in [0.1, 0.15) is 40.7 Å². The molecule has 0 atom stereocenters. The molecule has 0 saturated heterocycles. The van der Waals surface area contributed by atoms with E-state index < -0.39 is 0 Å². The maximum Gasteiger partial charge on any atom is 0.255 e. The van der Waals surface area contributed by atoms with Crippen LogP contribution >= 0.6 is 0 Å². The Kier molecular flexibility index (Phi) is 4.93. The smallest absolute Gasteiger partial charge is 0.255 e. The van der Waals surface area contributed by atoms with Gasteiger partial charge in [-0.2, -0.15) is 0 Å². The van der Waals surface area contributed by atoms with Gasteiger partial charge >= 0.3 is 0 Å². The molecule has 120 valence electrons. The van der Waals surface area contributed by atoms with Crippen LogP contribution in [0, 0.1) is 0 Å². The van der Waals surface area contributed by atoms with Gasteiger partial charge in [-0.1, -0.05) is 36.4 Å². The van der Waals surface area contributed by atoms with Gasteiger partial charge in [0.15, 0.2) is 0 Å². The quantitative estimate of drug-likeness (QED) is 0.862. The number of aliphatic hydroxyl groups excluding tert-OH is 1. The predicted octanol–water partition coefficient (Wildman–Crippen LogP) is 3.04. The average molecular weight is 311 g/mol. The lowest BCUT2D eigenvalue weighted by atomic mass is 9.96. The number of nitrogens with one attached hydrogen (secondary N) is 1. The van der Waals surface area contributed by atoms with Crippen LogP contribution in [0.5, 0.6) is 5.75 Å². The average Bonchev–Trinajstić information content (AvgIpc) is 2.56. The van der Waals surface area contributed by atoms with E-state index >= 15 is 0 Å². The molecule has 1 fully saturated rings. The van der Waals surface area contributed by atoms with Crippen molar-refractivity contribution in [3.8, 4) is 5.75 Å². The maximum atomic E-state index is 12.5. The molecule has 1 amide bonds. The van der Waals surface area contributed by atoms with Crippen LogP contribution in [0.3, 0.4) is 0 Å². The molecular formula is C19H21NO3. The number of benzene rings is 2. The van der Waals surface area contributed by atoms with E-state index in [-0.39, 0.29) is 18.6 Å². The molecule has 2 aromatic rings. The van der Waals surface area contributed by atoms with Crippen molar-refractivity contribution in [1.29, 1.82) is 0 Å². The summed E-state index contributed by atoms with van der Waals surface area (Å²) in [6.45, 7) is 0.348. The highest BCUT2D eigenvalue weighted by Gasteiger charge is 2.21. The van der Waals surface area contributed by atoms with E-state index in [1.54, 1.807) is 6.07 Å². The Morgan fingerprint density at radius 3 is 2.48 bits per heavy atom. The zero-order valence-corrected chi connectivity index (χ0v) is 13.0. The summed E-state index contributed by atoms with van der Waals surface area (Å²) < 4.78 is 5.90. The Morgan fingerprint density at radius 2 is 1.78 bits per heavy atom. The Hall–Kier alpha value is -2.33. The normalized spacial score (nSPS) is 14.1. The number of amides is 1. The summed E-state index contributed by atoms with van der Waals surface area (Å²) in [5, 5.41) is 12.3. The molecule has 2 N–H and O–H groups in total. The summed E-state index contributed by atoms with van der Waals surface area (Å²) in [4.78, 5) is 12.5. The van der Waals surface area contributed by atoms with E-state index in [1.165, 1.54) is 6.42 Å². The lowest BCUT2D eigenvalue weighted by Crippen LogP contribution is -2.28. The third kappa shape index (κ3) is 3.71. The molecule has 0 aromatic heterocycles. The van der Waals surface area contributed by atoms with Gasteiger partial charge in [0.2, 0.25) is 0 Å². The largest absolute Gasteiger partial charge is 0.490 e. The van der Waals surface area contributed by atoms with Crippen molar-refractivity contribution in [2.24, 2.45) is 0 Å². The topological polar surface area (TPSA) is 58.6 Å². The second-order valence-corrected chi connectivity index (χ2v) is 5.78. The summed E-state index contributed by atoms with van der Waals surface area (Å²) in [6, 6.07) is 14.9. The fourth-order valence-corrected chi connectivity index (χ4v) is 2.58. The third-order valence-corrected chi connectivity index (χ3v) is 4.21. The molecule has 0 spiro atoms. The molecule has 1 aliphatic rings. The molecule has 3 rings (SSSR count). The van der Waals surface area contributed by atoms with Crippen molar-refractivity contribution in [2.45, 2.75) is 38.5 Å². The molecule has 1 saturated carbocycles. The second-order valence-electron chi connectivity index (χ2n) is 5.78. The fourth-order valence-electron chi connectivity index (χ4n) is 2.58. The Bertz CT molecular complexity index is 680. The second kappa shape index (κ2) is 7.29. The highest BCUT2D eigenvalue weighted by atomic mass is 16.5. The van der Waals surface area contributed by atoms with Crippen molar-refractivity contribution >= 4 is 5.91 Å². The molecule has 4 nitrogen and oxygen atoms in total. The number of hydrogen-bond acceptors (Lipinski definition) is 3. The number of para-hydroxylation sites is 1. The van der Waals surface area contributed by atoms with Crippen LogP contribution in [0.4, 0.5) is 0 Å². The van der Waals surface area contributed by atoms with Crippen molar-refractivity contribution in [3.05, 3.63) is 65.2 Å². The Morgan fingerprint density at radius 1 is 1.09 bits per heavy atom. The lowest BCUT2D eigenvalue weighted by molar-refractivity contribution is 0.0925. The molecule has 0 radical (unpaired) electrons. The SMILES string of the molecule is O=C(NCc1ccccc1CO)c1ccccc1OC1CCC1. The first-order chi connectivity index (χ1) is 11.3. The third-order valence-electron chi connectivity index (χ3n) is 4.21. The van der Waals surface area contributed by atoms with E-state index in [9.17, 15) is 9.90 Å². The molecule has 2 aromatic carbocycles. The van der Waals surface area contributed by atoms with Gasteiger partial charge in [-0.15, -0.1) is 0 Å². The van der Waals surface area contributed by atoms with Crippen LogP contribution in [-0.2, 0) is 13.2 Å². The van der Waals surface area contributed by atoms with Crippen molar-refractivity contribution in [1.82, 2.24) is 5.32 Å². The maximum absolute atomic E-state index is 12.5. The molecule has 0 bridgehead atoms. The molecule has 0 aliphatic heterocycles. The Labute approximate surface area is 136 Å². The van der Waals surface area contributed by atoms with Gasteiger partial charge < -0.3 is 15.2 Å². The summed E-state index contributed by atoms with van der Waals surface area (Å²) in [7, 11) is 0. The summed E-state index contributed by atoms with van der Waals surface area (Å²) in [5.41, 5.74) is 2.30. The first-order valence-corrected chi connectivity index (χ1v) is 7.99. The summed E-state index contributed by atoms with van der Waals surface area (Å²) in [6.07, 6.45) is 3.54. The van der Waals surface area contributed by atoms with Gasteiger partial charge in [0.05, 0.1) is 18.3 Å². The minimum absolute atomic E-state index is 0.0343. The minimum atomic E-state index is -0.160. The van der Waals surface area contributed by atoms with E-state index in [0.29, 0.717) is 17.9 Å². The lowest BCUT2D eigenvalue weighted by Gasteiger charge is -2.27. The van der Waals surface area contributed by atoms with Crippen LogP contribution < -0.4 is 10.1 Å². The number of aliphatic hydroxyl groups is 1. The predicted molar refractivity (Wildman–Crippen MR) is 88.2 cm³/mol. The van der Waals surface area contributed by atoms with Gasteiger partial charge in [-0.05, 0) is 42.5 Å². The van der Waals surface area contributed by atoms with Crippen molar-refractivity contribution in [3.63, 3.8) is 0 Å². The van der Waals surface area contributed by atoms with Crippen LogP contribution in [0.2, 0.25) is 0 Å². The molecule has 4 heteroatoms. The van der Waals surface area contributed by atoms with Gasteiger partial charge in [-0.3, -0.25) is 4.79 Å². The van der Waals surface area contributed by atoms with Crippen molar-refractivity contribution < 1.29 is 14.6 Å². The highest BCUT2D eigenvalue weighted by Crippen LogP contribution is 2.27.